The van der Waals surface area contributed by atoms with Gasteiger partial charge in [0.15, 0.2) is 0 Å². The van der Waals surface area contributed by atoms with Gasteiger partial charge in [-0.1, -0.05) is 68.4 Å². The SMILES string of the molecule is COC(=O)N[C@H](C(=O)N1CCC[C@H]1c1ncc(C23CCC(c4ccc(-c5cnc([C@@H]6CCCN6C(=O)[C@H](NC(=O)N6CCC(O)CC6)c6ccccc6)[nH]5)cc4)(CC2)CC3)[nH]1)C(C)C. The lowest BCUT2D eigenvalue weighted by Gasteiger charge is -2.53. The zero-order chi connectivity index (χ0) is 44.6. The second-order valence-electron chi connectivity index (χ2n) is 19.3. The molecule has 64 heavy (non-hydrogen) atoms. The standard InChI is InChI=1S/C49H63N9O6/c1-31(2)40(55-47(63)64-3)44(60)57-25-8-12-38(57)43-51-30-39(53-43)49-22-19-48(20-23-49,21-24-49)34-15-13-32(14-16-34)36-29-50-42(52-36)37-11-7-26-58(37)45(61)41(33-9-5-4-6-10-33)54-46(62)56-27-17-35(59)18-28-56/h4-6,9-10,13-16,29-31,35,37-38,40-41,59H,7-8,11-12,17-28H2,1-3H3,(H,50,52)(H,51,53)(H,54,62)(H,55,63)/t37-,38-,40-,41+,48?,49?/m0/s1. The van der Waals surface area contributed by atoms with E-state index in [0.29, 0.717) is 39.0 Å². The molecule has 4 aromatic rings. The molecule has 5 heterocycles. The Morgan fingerprint density at radius 2 is 1.33 bits per heavy atom. The van der Waals surface area contributed by atoms with E-state index in [1.165, 1.54) is 18.4 Å². The number of urea groups is 1. The highest BCUT2D eigenvalue weighted by Crippen LogP contribution is 2.58. The fourth-order valence-corrected chi connectivity index (χ4v) is 11.3. The molecule has 2 aromatic heterocycles. The summed E-state index contributed by atoms with van der Waals surface area (Å²) >= 11 is 0. The first kappa shape index (κ1) is 43.5. The van der Waals surface area contributed by atoms with Crippen molar-refractivity contribution >= 4 is 23.9 Å². The number of alkyl carbamates (subject to hydrolysis) is 1. The molecule has 5 N–H and O–H groups in total. The Hall–Kier alpha value is -5.70. The van der Waals surface area contributed by atoms with Gasteiger partial charge < -0.3 is 45.1 Å². The zero-order valence-corrected chi connectivity index (χ0v) is 37.4. The van der Waals surface area contributed by atoms with Crippen LogP contribution < -0.4 is 10.6 Å². The highest BCUT2D eigenvalue weighted by Gasteiger charge is 2.51. The Morgan fingerprint density at radius 1 is 0.734 bits per heavy atom. The number of ether oxygens (including phenoxy) is 1. The van der Waals surface area contributed by atoms with E-state index < -0.39 is 24.3 Å². The number of aliphatic hydroxyl groups is 1. The van der Waals surface area contributed by atoms with Gasteiger partial charge in [0.2, 0.25) is 11.8 Å². The molecule has 10 rings (SSSR count). The maximum Gasteiger partial charge on any atom is 0.407 e. The van der Waals surface area contributed by atoms with Crippen molar-refractivity contribution in [1.29, 1.82) is 0 Å². The molecule has 3 saturated heterocycles. The van der Waals surface area contributed by atoms with Gasteiger partial charge in [0.1, 0.15) is 23.7 Å². The van der Waals surface area contributed by atoms with Crippen LogP contribution in [-0.4, -0.2) is 109 Å². The van der Waals surface area contributed by atoms with E-state index in [2.05, 4.69) is 44.9 Å². The number of aromatic nitrogens is 4. The number of hydrogen-bond acceptors (Lipinski definition) is 8. The molecule has 6 aliphatic rings. The number of methoxy groups -OCH3 is 1. The molecule has 3 aliphatic carbocycles. The van der Waals surface area contributed by atoms with Crippen LogP contribution >= 0.6 is 0 Å². The number of fused-ring (bicyclic) bond motifs is 3. The van der Waals surface area contributed by atoms with Crippen LogP contribution in [0.1, 0.15) is 137 Å². The number of H-pyrrole nitrogens is 2. The van der Waals surface area contributed by atoms with E-state index in [-0.39, 0.29) is 46.7 Å². The Bertz CT molecular complexity index is 2280. The Labute approximate surface area is 375 Å². The number of aliphatic hydroxyl groups excluding tert-OH is 1. The van der Waals surface area contributed by atoms with Crippen LogP contribution in [0.3, 0.4) is 0 Å². The van der Waals surface area contributed by atoms with Gasteiger partial charge >= 0.3 is 12.1 Å². The van der Waals surface area contributed by atoms with Crippen molar-refractivity contribution in [3.05, 3.63) is 95.5 Å². The molecule has 0 unspecified atom stereocenters. The summed E-state index contributed by atoms with van der Waals surface area (Å²) in [6.07, 6.45) is 13.7. The van der Waals surface area contributed by atoms with Crippen molar-refractivity contribution in [2.45, 2.75) is 132 Å². The molecule has 3 aliphatic heterocycles. The summed E-state index contributed by atoms with van der Waals surface area (Å²) in [6, 6.07) is 16.2. The van der Waals surface area contributed by atoms with Gasteiger partial charge in [-0.2, -0.15) is 0 Å². The zero-order valence-electron chi connectivity index (χ0n) is 37.4. The molecule has 2 aromatic carbocycles. The number of nitrogens with zero attached hydrogens (tertiary/aromatic N) is 5. The Balaban J connectivity index is 0.842. The summed E-state index contributed by atoms with van der Waals surface area (Å²) in [7, 11) is 1.31. The minimum absolute atomic E-state index is 0.0413. The van der Waals surface area contributed by atoms with E-state index in [0.717, 1.165) is 92.7 Å². The van der Waals surface area contributed by atoms with Gasteiger partial charge in [-0.05, 0) is 105 Å². The largest absolute Gasteiger partial charge is 0.453 e. The van der Waals surface area contributed by atoms with Crippen LogP contribution in [0.2, 0.25) is 0 Å². The topological polar surface area (TPSA) is 189 Å². The molecular formula is C49H63N9O6. The van der Waals surface area contributed by atoms with Crippen molar-refractivity contribution in [3.63, 3.8) is 0 Å². The molecule has 15 nitrogen and oxygen atoms in total. The van der Waals surface area contributed by atoms with Gasteiger partial charge in [0, 0.05) is 43.5 Å². The van der Waals surface area contributed by atoms with Gasteiger partial charge in [-0.3, -0.25) is 9.59 Å². The smallest absolute Gasteiger partial charge is 0.407 e. The van der Waals surface area contributed by atoms with E-state index in [1.54, 1.807) is 4.90 Å². The minimum atomic E-state index is -0.841. The average Bonchev–Trinajstić information content (AvgIpc) is 4.18. The second-order valence-corrected chi connectivity index (χ2v) is 19.3. The Morgan fingerprint density at radius 3 is 1.95 bits per heavy atom. The molecule has 4 atom stereocenters. The van der Waals surface area contributed by atoms with E-state index in [1.807, 2.05) is 66.4 Å². The molecule has 3 saturated carbocycles. The van der Waals surface area contributed by atoms with Crippen molar-refractivity contribution in [2.24, 2.45) is 5.92 Å². The number of carbonyl (C=O) groups excluding carboxylic acids is 4. The number of aromatic amines is 2. The van der Waals surface area contributed by atoms with Crippen LogP contribution in [0.4, 0.5) is 9.59 Å². The number of benzene rings is 2. The number of rotatable bonds is 11. The number of piperidine rings is 1. The van der Waals surface area contributed by atoms with Gasteiger partial charge in [-0.25, -0.2) is 19.6 Å². The van der Waals surface area contributed by atoms with Crippen LogP contribution in [0, 0.1) is 5.92 Å². The van der Waals surface area contributed by atoms with Crippen LogP contribution in [-0.2, 0) is 25.2 Å². The Kier molecular flexibility index (Phi) is 12.3. The van der Waals surface area contributed by atoms with Crippen LogP contribution in [0.5, 0.6) is 0 Å². The van der Waals surface area contributed by atoms with Crippen molar-refractivity contribution in [2.75, 3.05) is 33.3 Å². The minimum Gasteiger partial charge on any atom is -0.453 e. The number of imidazole rings is 2. The number of hydrogen-bond donors (Lipinski definition) is 5. The summed E-state index contributed by atoms with van der Waals surface area (Å²) in [4.78, 5) is 76.0. The number of nitrogens with one attached hydrogen (secondary N) is 4. The highest BCUT2D eigenvalue weighted by atomic mass is 16.5. The highest BCUT2D eigenvalue weighted by molar-refractivity contribution is 5.89. The summed E-state index contributed by atoms with van der Waals surface area (Å²) < 4.78 is 4.81. The predicted molar refractivity (Wildman–Crippen MR) is 240 cm³/mol. The third-order valence-corrected chi connectivity index (χ3v) is 15.3. The lowest BCUT2D eigenvalue weighted by molar-refractivity contribution is -0.135. The molecule has 5 amide bonds. The fraction of sp³-hybridized carbons (Fsp3) is 0.551. The third-order valence-electron chi connectivity index (χ3n) is 15.3. The fourth-order valence-electron chi connectivity index (χ4n) is 11.3. The molecule has 15 heteroatoms. The van der Waals surface area contributed by atoms with Crippen LogP contribution in [0.15, 0.2) is 67.0 Å². The van der Waals surface area contributed by atoms with E-state index >= 15 is 0 Å². The summed E-state index contributed by atoms with van der Waals surface area (Å²) in [6.45, 7) is 5.96. The van der Waals surface area contributed by atoms with Crippen molar-refractivity contribution < 1.29 is 29.0 Å². The van der Waals surface area contributed by atoms with Crippen LogP contribution in [0.25, 0.3) is 11.3 Å². The maximum atomic E-state index is 14.4. The first-order valence-electron chi connectivity index (χ1n) is 23.4. The summed E-state index contributed by atoms with van der Waals surface area (Å²) in [5, 5.41) is 15.7. The molecule has 340 valence electrons. The monoisotopic (exact) mass is 873 g/mol. The number of likely N-dealkylation sites (tertiary alicyclic amines) is 3. The molecule has 0 spiro atoms. The quantitative estimate of drug-likeness (QED) is 0.107. The molecule has 2 bridgehead atoms. The van der Waals surface area contributed by atoms with Gasteiger partial charge in [0.25, 0.3) is 0 Å². The predicted octanol–water partition coefficient (Wildman–Crippen LogP) is 6.96. The first-order valence-corrected chi connectivity index (χ1v) is 23.4. The molecule has 0 radical (unpaired) electrons. The lowest BCUT2D eigenvalue weighted by atomic mass is 9.51. The number of carbonyl (C=O) groups is 4. The summed E-state index contributed by atoms with van der Waals surface area (Å²) in [5.74, 6) is 1.23. The first-order chi connectivity index (χ1) is 31.0. The molecule has 6 fully saturated rings. The second kappa shape index (κ2) is 18.1. The lowest BCUT2D eigenvalue weighted by Crippen LogP contribution is -2.51. The normalized spacial score (nSPS) is 25.7. The third kappa shape index (κ3) is 8.38. The average molecular weight is 874 g/mol. The number of amides is 5. The molecular weight excluding hydrogens is 811 g/mol. The van der Waals surface area contributed by atoms with E-state index in [9.17, 15) is 24.3 Å². The van der Waals surface area contributed by atoms with E-state index in [4.69, 9.17) is 14.7 Å². The van der Waals surface area contributed by atoms with Gasteiger partial charge in [0.05, 0.1) is 37.2 Å². The van der Waals surface area contributed by atoms with Gasteiger partial charge in [-0.15, -0.1) is 0 Å². The van der Waals surface area contributed by atoms with Crippen molar-refractivity contribution in [1.82, 2.24) is 45.3 Å². The maximum absolute atomic E-state index is 14.4. The summed E-state index contributed by atoms with van der Waals surface area (Å²) in [5.41, 5.74) is 5.39. The van der Waals surface area contributed by atoms with Crippen molar-refractivity contribution in [3.8, 4) is 11.3 Å².